The van der Waals surface area contributed by atoms with Crippen LogP contribution in [-0.2, 0) is 17.8 Å². The first-order valence-corrected chi connectivity index (χ1v) is 10.5. The third kappa shape index (κ3) is 4.56. The third-order valence-electron chi connectivity index (χ3n) is 6.13. The summed E-state index contributed by atoms with van der Waals surface area (Å²) >= 11 is 0. The van der Waals surface area contributed by atoms with Crippen LogP contribution >= 0.6 is 0 Å². The summed E-state index contributed by atoms with van der Waals surface area (Å²) < 4.78 is 0. The minimum Gasteiger partial charge on any atom is -0.371 e. The third-order valence-corrected chi connectivity index (χ3v) is 6.13. The topological polar surface area (TPSA) is 26.8 Å². The maximum absolute atomic E-state index is 12.7. The molecule has 2 aromatic carbocycles. The van der Waals surface area contributed by atoms with Crippen molar-refractivity contribution in [2.75, 3.05) is 44.7 Å². The van der Waals surface area contributed by atoms with E-state index in [0.717, 1.165) is 45.6 Å². The zero-order valence-corrected chi connectivity index (χ0v) is 16.9. The largest absolute Gasteiger partial charge is 0.371 e. The lowest BCUT2D eigenvalue weighted by atomic mass is 9.96. The van der Waals surface area contributed by atoms with Crippen LogP contribution in [-0.4, -0.2) is 55.5 Å². The van der Waals surface area contributed by atoms with Gasteiger partial charge < -0.3 is 9.80 Å². The molecule has 1 amide bonds. The molecule has 2 aliphatic heterocycles. The lowest BCUT2D eigenvalue weighted by Crippen LogP contribution is -2.44. The van der Waals surface area contributed by atoms with Gasteiger partial charge in [0.2, 0.25) is 5.91 Å². The Balaban J connectivity index is 1.22. The molecule has 0 bridgehead atoms. The van der Waals surface area contributed by atoms with Crippen LogP contribution in [0.4, 0.5) is 5.69 Å². The maximum atomic E-state index is 12.7. The molecule has 0 spiro atoms. The van der Waals surface area contributed by atoms with Crippen molar-refractivity contribution >= 4 is 11.6 Å². The average Bonchev–Trinajstić information content (AvgIpc) is 3.12. The molecule has 4 rings (SSSR count). The zero-order chi connectivity index (χ0) is 19.3. The molecule has 148 valence electrons. The monoisotopic (exact) mass is 377 g/mol. The fourth-order valence-electron chi connectivity index (χ4n) is 4.55. The van der Waals surface area contributed by atoms with E-state index in [-0.39, 0.29) is 5.91 Å². The Morgan fingerprint density at radius 2 is 1.71 bits per heavy atom. The molecule has 0 N–H and O–H groups in total. The number of amides is 1. The second-order valence-electron chi connectivity index (χ2n) is 8.31. The Morgan fingerprint density at radius 1 is 1.00 bits per heavy atom. The van der Waals surface area contributed by atoms with Gasteiger partial charge in [0.05, 0.1) is 6.54 Å². The summed E-state index contributed by atoms with van der Waals surface area (Å²) in [6.07, 6.45) is 3.40. The number of likely N-dealkylation sites (N-methyl/N-ethyl adjacent to an activating group) is 1. The molecule has 0 saturated carbocycles. The summed E-state index contributed by atoms with van der Waals surface area (Å²) in [5.41, 5.74) is 4.16. The molecule has 0 aliphatic carbocycles. The van der Waals surface area contributed by atoms with Gasteiger partial charge in [0.15, 0.2) is 0 Å². The quantitative estimate of drug-likeness (QED) is 0.772. The van der Waals surface area contributed by atoms with Crippen LogP contribution < -0.4 is 4.90 Å². The summed E-state index contributed by atoms with van der Waals surface area (Å²) in [5, 5.41) is 0. The first kappa shape index (κ1) is 19.0. The van der Waals surface area contributed by atoms with E-state index >= 15 is 0 Å². The molecule has 2 aromatic rings. The number of likely N-dealkylation sites (tertiary alicyclic amines) is 1. The number of carbonyl (C=O) groups excluding carboxylic acids is 1. The van der Waals surface area contributed by atoms with Crippen LogP contribution in [0.5, 0.6) is 0 Å². The zero-order valence-electron chi connectivity index (χ0n) is 16.9. The number of hydrogen-bond donors (Lipinski definition) is 0. The van der Waals surface area contributed by atoms with Gasteiger partial charge in [-0.1, -0.05) is 48.5 Å². The Labute approximate surface area is 168 Å². The number of piperidine rings is 1. The second-order valence-corrected chi connectivity index (χ2v) is 8.31. The van der Waals surface area contributed by atoms with Crippen LogP contribution in [0.25, 0.3) is 0 Å². The second kappa shape index (κ2) is 8.78. The fraction of sp³-hybridized carbons (Fsp3) is 0.458. The van der Waals surface area contributed by atoms with Crippen molar-refractivity contribution in [2.24, 2.45) is 5.92 Å². The number of hydrogen-bond acceptors (Lipinski definition) is 3. The van der Waals surface area contributed by atoms with Crippen LogP contribution in [0.1, 0.15) is 24.0 Å². The Bertz CT molecular complexity index is 783. The highest BCUT2D eigenvalue weighted by Gasteiger charge is 2.27. The Morgan fingerprint density at radius 3 is 2.50 bits per heavy atom. The molecular weight excluding hydrogens is 346 g/mol. The minimum absolute atomic E-state index is 0.267. The van der Waals surface area contributed by atoms with Crippen molar-refractivity contribution in [3.63, 3.8) is 0 Å². The van der Waals surface area contributed by atoms with Crippen molar-refractivity contribution in [3.8, 4) is 0 Å². The number of carbonyl (C=O) groups is 1. The summed E-state index contributed by atoms with van der Waals surface area (Å²) in [6, 6.07) is 19.1. The van der Waals surface area contributed by atoms with Crippen LogP contribution in [0.3, 0.4) is 0 Å². The van der Waals surface area contributed by atoms with Crippen LogP contribution in [0.15, 0.2) is 54.6 Å². The molecule has 28 heavy (non-hydrogen) atoms. The lowest BCUT2D eigenvalue weighted by Gasteiger charge is -2.35. The van der Waals surface area contributed by atoms with Gasteiger partial charge in [0.25, 0.3) is 0 Å². The van der Waals surface area contributed by atoms with E-state index in [1.54, 1.807) is 0 Å². The molecule has 2 aliphatic rings. The molecular formula is C24H31N3O. The molecule has 1 fully saturated rings. The first-order chi connectivity index (χ1) is 13.7. The highest BCUT2D eigenvalue weighted by molar-refractivity contribution is 5.78. The molecule has 2 heterocycles. The number of rotatable bonds is 6. The van der Waals surface area contributed by atoms with Gasteiger partial charge in [-0.25, -0.2) is 0 Å². The van der Waals surface area contributed by atoms with Gasteiger partial charge in [-0.15, -0.1) is 0 Å². The molecule has 0 atom stereocenters. The van der Waals surface area contributed by atoms with Crippen molar-refractivity contribution in [1.82, 2.24) is 9.80 Å². The molecule has 0 radical (unpaired) electrons. The highest BCUT2D eigenvalue weighted by Crippen LogP contribution is 2.30. The van der Waals surface area contributed by atoms with Gasteiger partial charge >= 0.3 is 0 Å². The molecule has 4 heteroatoms. The smallest absolute Gasteiger partial charge is 0.236 e. The van der Waals surface area contributed by atoms with E-state index in [4.69, 9.17) is 0 Å². The highest BCUT2D eigenvalue weighted by atomic mass is 16.2. The molecule has 1 saturated heterocycles. The number of benzene rings is 2. The molecule has 4 nitrogen and oxygen atoms in total. The predicted octanol–water partition coefficient (Wildman–Crippen LogP) is 3.42. The van der Waals surface area contributed by atoms with Crippen molar-refractivity contribution in [2.45, 2.75) is 25.8 Å². The minimum atomic E-state index is 0.267. The normalized spacial score (nSPS) is 17.2. The van der Waals surface area contributed by atoms with Crippen molar-refractivity contribution in [1.29, 1.82) is 0 Å². The van der Waals surface area contributed by atoms with E-state index in [1.807, 2.05) is 13.1 Å². The maximum Gasteiger partial charge on any atom is 0.236 e. The van der Waals surface area contributed by atoms with E-state index in [1.165, 1.54) is 23.2 Å². The average molecular weight is 378 g/mol. The van der Waals surface area contributed by atoms with E-state index in [0.29, 0.717) is 12.5 Å². The summed E-state index contributed by atoms with van der Waals surface area (Å²) in [4.78, 5) is 19.4. The van der Waals surface area contributed by atoms with Crippen LogP contribution in [0.2, 0.25) is 0 Å². The summed E-state index contributed by atoms with van der Waals surface area (Å²) in [5.74, 6) is 0.959. The summed E-state index contributed by atoms with van der Waals surface area (Å²) in [6.45, 7) is 5.39. The van der Waals surface area contributed by atoms with Gasteiger partial charge in [-0.05, 0) is 49.4 Å². The van der Waals surface area contributed by atoms with E-state index in [9.17, 15) is 4.79 Å². The summed E-state index contributed by atoms with van der Waals surface area (Å²) in [7, 11) is 2.03. The Kier molecular flexibility index (Phi) is 5.96. The molecule has 0 aromatic heterocycles. The van der Waals surface area contributed by atoms with Gasteiger partial charge in [-0.2, -0.15) is 0 Å². The fourth-order valence-corrected chi connectivity index (χ4v) is 4.55. The van der Waals surface area contributed by atoms with E-state index < -0.39 is 0 Å². The van der Waals surface area contributed by atoms with Gasteiger partial charge in [0.1, 0.15) is 0 Å². The van der Waals surface area contributed by atoms with Crippen molar-refractivity contribution < 1.29 is 4.79 Å². The van der Waals surface area contributed by atoms with Gasteiger partial charge in [0, 0.05) is 38.4 Å². The van der Waals surface area contributed by atoms with Crippen LogP contribution in [0, 0.1) is 5.92 Å². The van der Waals surface area contributed by atoms with Crippen molar-refractivity contribution in [3.05, 3.63) is 65.7 Å². The number of nitrogens with zero attached hydrogens (tertiary/aromatic N) is 3. The van der Waals surface area contributed by atoms with Gasteiger partial charge in [-0.3, -0.25) is 9.69 Å². The number of fused-ring (bicyclic) bond motifs is 1. The van der Waals surface area contributed by atoms with E-state index in [2.05, 4.69) is 63.2 Å². The first-order valence-electron chi connectivity index (χ1n) is 10.5. The number of anilines is 1. The SMILES string of the molecule is CN(CC(=O)N1CCC(CN2CCc3ccccc32)CC1)Cc1ccccc1. The Hall–Kier alpha value is -2.33. The lowest BCUT2D eigenvalue weighted by molar-refractivity contribution is -0.133. The standard InChI is InChI=1S/C24H31N3O/c1-25(17-20-7-3-2-4-8-20)19-24(28)26-14-11-21(12-15-26)18-27-16-13-22-9-5-6-10-23(22)27/h2-10,21H,11-19H2,1H3. The number of para-hydroxylation sites is 1. The predicted molar refractivity (Wildman–Crippen MR) is 114 cm³/mol. The molecule has 0 unspecified atom stereocenters.